The zero-order valence-corrected chi connectivity index (χ0v) is 19.2. The van der Waals surface area contributed by atoms with Crippen LogP contribution in [-0.2, 0) is 0 Å². The van der Waals surface area contributed by atoms with Crippen LogP contribution >= 0.6 is 0 Å². The number of likely N-dealkylation sites (tertiary alicyclic amines) is 1. The molecule has 4 heterocycles. The number of hydrogen-bond donors (Lipinski definition) is 2. The Kier molecular flexibility index (Phi) is 6.04. The van der Waals surface area contributed by atoms with Crippen LogP contribution in [0.5, 0.6) is 11.6 Å². The van der Waals surface area contributed by atoms with E-state index in [0.717, 1.165) is 42.8 Å². The number of hydrogen-bond acceptors (Lipinski definition) is 7. The molecule has 0 bridgehead atoms. The van der Waals surface area contributed by atoms with Gasteiger partial charge in [-0.1, -0.05) is 5.92 Å². The SMILES string of the molecule is CC#CCN1CCC(c2nc(-c3ccc(Oc4cc(C(=O)O)ccn4)cc3)n3c(N)nccc23)C1. The minimum Gasteiger partial charge on any atom is -0.478 e. The van der Waals surface area contributed by atoms with Gasteiger partial charge in [-0.15, -0.1) is 5.92 Å². The minimum atomic E-state index is -1.04. The molecule has 5 rings (SSSR count). The molecule has 1 unspecified atom stereocenters. The van der Waals surface area contributed by atoms with Gasteiger partial charge in [0.1, 0.15) is 11.6 Å². The van der Waals surface area contributed by atoms with Crippen molar-refractivity contribution in [2.75, 3.05) is 25.4 Å². The number of pyridine rings is 1. The molecule has 3 N–H and O–H groups in total. The maximum Gasteiger partial charge on any atom is 0.335 e. The molecule has 0 saturated carbocycles. The number of carboxylic acids is 1. The summed E-state index contributed by atoms with van der Waals surface area (Å²) < 4.78 is 7.63. The maximum atomic E-state index is 11.2. The van der Waals surface area contributed by atoms with E-state index >= 15 is 0 Å². The molecular formula is C26H24N6O3. The molecule has 1 atom stereocenters. The van der Waals surface area contributed by atoms with Gasteiger partial charge in [-0.2, -0.15) is 0 Å². The lowest BCUT2D eigenvalue weighted by Crippen LogP contribution is -2.20. The Labute approximate surface area is 202 Å². The van der Waals surface area contributed by atoms with Gasteiger partial charge in [-0.3, -0.25) is 9.30 Å². The summed E-state index contributed by atoms with van der Waals surface area (Å²) in [6.45, 7) is 4.51. The van der Waals surface area contributed by atoms with E-state index in [9.17, 15) is 4.79 Å². The number of fused-ring (bicyclic) bond motifs is 1. The molecule has 1 saturated heterocycles. The van der Waals surface area contributed by atoms with E-state index in [0.29, 0.717) is 17.5 Å². The second-order valence-electron chi connectivity index (χ2n) is 8.31. The van der Waals surface area contributed by atoms with Gasteiger partial charge in [0, 0.05) is 36.5 Å². The maximum absolute atomic E-state index is 11.2. The predicted octanol–water partition coefficient (Wildman–Crippen LogP) is 3.68. The van der Waals surface area contributed by atoms with Gasteiger partial charge in [0.25, 0.3) is 0 Å². The van der Waals surface area contributed by atoms with Crippen LogP contribution in [0.3, 0.4) is 0 Å². The van der Waals surface area contributed by atoms with E-state index in [4.69, 9.17) is 20.6 Å². The van der Waals surface area contributed by atoms with E-state index < -0.39 is 5.97 Å². The largest absolute Gasteiger partial charge is 0.478 e. The fourth-order valence-electron chi connectivity index (χ4n) is 4.36. The number of nitrogens with two attached hydrogens (primary N) is 1. The molecule has 0 radical (unpaired) electrons. The number of benzene rings is 1. The fourth-order valence-corrected chi connectivity index (χ4v) is 4.36. The molecule has 1 fully saturated rings. The number of anilines is 1. The first kappa shape index (κ1) is 22.4. The second kappa shape index (κ2) is 9.44. The van der Waals surface area contributed by atoms with Crippen LogP contribution in [-0.4, -0.2) is 55.0 Å². The summed E-state index contributed by atoms with van der Waals surface area (Å²) in [5.74, 6) is 7.18. The van der Waals surface area contributed by atoms with Crippen molar-refractivity contribution < 1.29 is 14.6 Å². The van der Waals surface area contributed by atoms with Crippen LogP contribution in [0.2, 0.25) is 0 Å². The van der Waals surface area contributed by atoms with Crippen molar-refractivity contribution in [3.05, 3.63) is 66.1 Å². The number of nitrogen functional groups attached to an aromatic ring is 1. The average Bonchev–Trinajstić information content (AvgIpc) is 3.49. The topological polar surface area (TPSA) is 119 Å². The van der Waals surface area contributed by atoms with E-state index in [-0.39, 0.29) is 17.4 Å². The lowest BCUT2D eigenvalue weighted by molar-refractivity contribution is 0.0696. The smallest absolute Gasteiger partial charge is 0.335 e. The van der Waals surface area contributed by atoms with Crippen LogP contribution in [0, 0.1) is 11.8 Å². The van der Waals surface area contributed by atoms with Crippen LogP contribution in [0.1, 0.15) is 35.3 Å². The second-order valence-corrected chi connectivity index (χ2v) is 8.31. The normalized spacial score (nSPS) is 15.6. The highest BCUT2D eigenvalue weighted by molar-refractivity contribution is 5.87. The lowest BCUT2D eigenvalue weighted by atomic mass is 10.0. The highest BCUT2D eigenvalue weighted by Gasteiger charge is 2.28. The molecule has 1 aliphatic rings. The fraction of sp³-hybridized carbons (Fsp3) is 0.231. The van der Waals surface area contributed by atoms with Gasteiger partial charge in [-0.05, 0) is 56.3 Å². The van der Waals surface area contributed by atoms with Crippen molar-refractivity contribution in [3.63, 3.8) is 0 Å². The van der Waals surface area contributed by atoms with Crippen molar-refractivity contribution in [1.82, 2.24) is 24.3 Å². The Morgan fingerprint density at radius 1 is 1.20 bits per heavy atom. The Balaban J connectivity index is 1.44. The zero-order chi connectivity index (χ0) is 24.4. The number of carboxylic acid groups (broad SMARTS) is 1. The molecule has 1 aromatic carbocycles. The van der Waals surface area contributed by atoms with Crippen molar-refractivity contribution in [2.24, 2.45) is 0 Å². The van der Waals surface area contributed by atoms with Gasteiger partial charge in [0.2, 0.25) is 11.8 Å². The molecule has 3 aromatic heterocycles. The van der Waals surface area contributed by atoms with Gasteiger partial charge in [0.15, 0.2) is 0 Å². The quantitative estimate of drug-likeness (QED) is 0.412. The van der Waals surface area contributed by atoms with Gasteiger partial charge >= 0.3 is 5.97 Å². The standard InChI is InChI=1S/C26H24N6O3/c1-2-3-13-31-14-10-19(16-31)23-21-9-12-29-26(27)32(21)24(30-23)17-4-6-20(7-5-17)35-22-15-18(25(33)34)8-11-28-22/h4-9,11-12,15,19H,10,13-14,16H2,1H3,(H2,27,29)(H,33,34). The molecular weight excluding hydrogens is 444 g/mol. The lowest BCUT2D eigenvalue weighted by Gasteiger charge is -2.11. The first-order valence-electron chi connectivity index (χ1n) is 11.3. The van der Waals surface area contributed by atoms with E-state index in [1.54, 1.807) is 18.3 Å². The molecule has 0 spiro atoms. The number of rotatable bonds is 6. The molecule has 0 aliphatic carbocycles. The van der Waals surface area contributed by atoms with E-state index in [2.05, 4.69) is 26.7 Å². The monoisotopic (exact) mass is 468 g/mol. The predicted molar refractivity (Wildman–Crippen MR) is 131 cm³/mol. The first-order chi connectivity index (χ1) is 17.0. The molecule has 0 amide bonds. The van der Waals surface area contributed by atoms with Crippen molar-refractivity contribution in [3.8, 4) is 34.9 Å². The summed E-state index contributed by atoms with van der Waals surface area (Å²) in [5.41, 5.74) is 9.21. The number of aromatic carboxylic acids is 1. The highest BCUT2D eigenvalue weighted by Crippen LogP contribution is 2.34. The number of imidazole rings is 1. The summed E-state index contributed by atoms with van der Waals surface area (Å²) in [6.07, 6.45) is 4.12. The summed E-state index contributed by atoms with van der Waals surface area (Å²) in [7, 11) is 0. The Morgan fingerprint density at radius 3 is 2.77 bits per heavy atom. The summed E-state index contributed by atoms with van der Waals surface area (Å²) in [4.78, 5) is 26.9. The first-order valence-corrected chi connectivity index (χ1v) is 11.3. The van der Waals surface area contributed by atoms with Crippen LogP contribution in [0.25, 0.3) is 16.9 Å². The third-order valence-corrected chi connectivity index (χ3v) is 6.07. The molecule has 176 valence electrons. The Hall–Kier alpha value is -4.42. The number of aromatic nitrogens is 4. The molecule has 1 aliphatic heterocycles. The van der Waals surface area contributed by atoms with Gasteiger partial charge in [0.05, 0.1) is 23.3 Å². The number of carbonyl (C=O) groups is 1. The zero-order valence-electron chi connectivity index (χ0n) is 19.2. The Bertz CT molecular complexity index is 1450. The van der Waals surface area contributed by atoms with E-state index in [1.165, 1.54) is 18.3 Å². The van der Waals surface area contributed by atoms with Gasteiger partial charge in [-0.25, -0.2) is 19.7 Å². The highest BCUT2D eigenvalue weighted by atomic mass is 16.5. The van der Waals surface area contributed by atoms with Crippen LogP contribution < -0.4 is 10.5 Å². The van der Waals surface area contributed by atoms with Crippen molar-refractivity contribution in [1.29, 1.82) is 0 Å². The van der Waals surface area contributed by atoms with Gasteiger partial charge < -0.3 is 15.6 Å². The summed E-state index contributed by atoms with van der Waals surface area (Å²) in [6, 6.07) is 12.1. The molecule has 9 nitrogen and oxygen atoms in total. The summed E-state index contributed by atoms with van der Waals surface area (Å²) in [5, 5.41) is 9.16. The molecule has 35 heavy (non-hydrogen) atoms. The molecule has 9 heteroatoms. The Morgan fingerprint density at radius 2 is 2.00 bits per heavy atom. The van der Waals surface area contributed by atoms with Crippen molar-refractivity contribution >= 4 is 17.4 Å². The van der Waals surface area contributed by atoms with Crippen LogP contribution in [0.4, 0.5) is 5.95 Å². The minimum absolute atomic E-state index is 0.109. The third-order valence-electron chi connectivity index (χ3n) is 6.07. The average molecular weight is 469 g/mol. The number of nitrogens with zero attached hydrogens (tertiary/aromatic N) is 5. The van der Waals surface area contributed by atoms with E-state index in [1.807, 2.05) is 29.5 Å². The molecule has 4 aromatic rings. The summed E-state index contributed by atoms with van der Waals surface area (Å²) >= 11 is 0. The van der Waals surface area contributed by atoms with Crippen LogP contribution in [0.15, 0.2) is 54.9 Å². The number of ether oxygens (including phenoxy) is 1. The van der Waals surface area contributed by atoms with Crippen molar-refractivity contribution in [2.45, 2.75) is 19.3 Å². The third kappa shape index (κ3) is 4.52.